The number of nitrogens with zero attached hydrogens (tertiary/aromatic N) is 1. The van der Waals surface area contributed by atoms with E-state index in [1.807, 2.05) is 0 Å². The van der Waals surface area contributed by atoms with Gasteiger partial charge in [-0.05, 0) is 24.3 Å². The molecule has 18 heavy (non-hydrogen) atoms. The van der Waals surface area contributed by atoms with Crippen LogP contribution in [-0.4, -0.2) is 13.4 Å². The summed E-state index contributed by atoms with van der Waals surface area (Å²) in [5.74, 6) is 0. The van der Waals surface area contributed by atoms with Crippen molar-refractivity contribution in [2.75, 3.05) is 4.72 Å². The molecule has 1 aromatic heterocycles. The first-order valence-electron chi connectivity index (χ1n) is 4.87. The molecule has 1 N–H and O–H groups in total. The first kappa shape index (κ1) is 13.1. The van der Waals surface area contributed by atoms with E-state index in [9.17, 15) is 8.42 Å². The number of nitrogens with one attached hydrogen (secondary N) is 1. The van der Waals surface area contributed by atoms with Gasteiger partial charge in [0.15, 0.2) is 0 Å². The lowest BCUT2D eigenvalue weighted by atomic mass is 10.3. The third kappa shape index (κ3) is 2.75. The van der Waals surface area contributed by atoms with Crippen LogP contribution in [0.2, 0.25) is 10.0 Å². The average Bonchev–Trinajstić information content (AvgIpc) is 2.35. The second kappa shape index (κ2) is 5.14. The van der Waals surface area contributed by atoms with E-state index in [0.29, 0.717) is 0 Å². The van der Waals surface area contributed by atoms with Gasteiger partial charge in [0.05, 0.1) is 15.7 Å². The first-order chi connectivity index (χ1) is 8.50. The van der Waals surface area contributed by atoms with Crippen LogP contribution in [0.1, 0.15) is 0 Å². The van der Waals surface area contributed by atoms with Gasteiger partial charge in [-0.3, -0.25) is 9.71 Å². The summed E-state index contributed by atoms with van der Waals surface area (Å²) in [6.45, 7) is 0. The fourth-order valence-electron chi connectivity index (χ4n) is 1.29. The van der Waals surface area contributed by atoms with E-state index in [1.54, 1.807) is 18.2 Å². The molecule has 0 aliphatic heterocycles. The standard InChI is InChI=1S/C11H8Cl2N2O2S/c12-9-4-1-5-10(13)11(9)15-18(16,17)8-3-2-6-14-7-8/h1-7,15H. The molecule has 0 saturated carbocycles. The normalized spacial score (nSPS) is 11.2. The lowest BCUT2D eigenvalue weighted by Gasteiger charge is -2.10. The molecule has 1 heterocycles. The smallest absolute Gasteiger partial charge is 0.263 e. The van der Waals surface area contributed by atoms with Gasteiger partial charge < -0.3 is 0 Å². The third-order valence-corrected chi connectivity index (χ3v) is 4.11. The maximum atomic E-state index is 12.0. The molecule has 0 bridgehead atoms. The van der Waals surface area contributed by atoms with Crippen molar-refractivity contribution in [3.05, 3.63) is 52.8 Å². The molecule has 7 heteroatoms. The van der Waals surface area contributed by atoms with Crippen LogP contribution in [0.5, 0.6) is 0 Å². The Balaban J connectivity index is 2.41. The minimum absolute atomic E-state index is 0.0426. The van der Waals surface area contributed by atoms with Gasteiger partial charge in [0.2, 0.25) is 0 Å². The molecular formula is C11H8Cl2N2O2S. The molecule has 0 atom stereocenters. The van der Waals surface area contributed by atoms with Crippen molar-refractivity contribution >= 4 is 38.9 Å². The molecule has 94 valence electrons. The number of pyridine rings is 1. The molecule has 0 saturated heterocycles. The van der Waals surface area contributed by atoms with Crippen LogP contribution < -0.4 is 4.72 Å². The van der Waals surface area contributed by atoms with Gasteiger partial charge in [-0.2, -0.15) is 0 Å². The van der Waals surface area contributed by atoms with Crippen molar-refractivity contribution in [3.8, 4) is 0 Å². The van der Waals surface area contributed by atoms with Crippen molar-refractivity contribution in [2.24, 2.45) is 0 Å². The SMILES string of the molecule is O=S(=O)(Nc1c(Cl)cccc1Cl)c1cccnc1. The average molecular weight is 303 g/mol. The predicted octanol–water partition coefficient (Wildman–Crippen LogP) is 3.19. The van der Waals surface area contributed by atoms with E-state index < -0.39 is 10.0 Å². The molecule has 0 fully saturated rings. The summed E-state index contributed by atoms with van der Waals surface area (Å²) in [5, 5.41) is 0.463. The van der Waals surface area contributed by atoms with E-state index in [2.05, 4.69) is 9.71 Å². The molecule has 0 aliphatic carbocycles. The summed E-state index contributed by atoms with van der Waals surface area (Å²) in [6, 6.07) is 7.69. The number of sulfonamides is 1. The molecule has 2 aromatic rings. The maximum absolute atomic E-state index is 12.0. The molecule has 0 radical (unpaired) electrons. The quantitative estimate of drug-likeness (QED) is 0.947. The number of hydrogen-bond acceptors (Lipinski definition) is 3. The summed E-state index contributed by atoms with van der Waals surface area (Å²) in [6.07, 6.45) is 2.73. The molecule has 4 nitrogen and oxygen atoms in total. The second-order valence-corrected chi connectivity index (χ2v) is 5.89. The topological polar surface area (TPSA) is 59.1 Å². The van der Waals surface area contributed by atoms with Crippen LogP contribution in [0.3, 0.4) is 0 Å². The molecule has 1 aromatic carbocycles. The van der Waals surface area contributed by atoms with Crippen molar-refractivity contribution in [3.63, 3.8) is 0 Å². The molecule has 0 spiro atoms. The van der Waals surface area contributed by atoms with E-state index >= 15 is 0 Å². The highest BCUT2D eigenvalue weighted by molar-refractivity contribution is 7.92. The minimum Gasteiger partial charge on any atom is -0.277 e. The molecule has 0 aliphatic rings. The minimum atomic E-state index is -3.74. The van der Waals surface area contributed by atoms with Gasteiger partial charge in [0.1, 0.15) is 4.90 Å². The fourth-order valence-corrected chi connectivity index (χ4v) is 2.96. The van der Waals surface area contributed by atoms with E-state index in [-0.39, 0.29) is 20.6 Å². The Hall–Kier alpha value is -1.30. The first-order valence-corrected chi connectivity index (χ1v) is 7.11. The predicted molar refractivity (Wildman–Crippen MR) is 71.5 cm³/mol. The largest absolute Gasteiger partial charge is 0.277 e. The van der Waals surface area contributed by atoms with Gasteiger partial charge in [0.25, 0.3) is 10.0 Å². The highest BCUT2D eigenvalue weighted by Gasteiger charge is 2.17. The van der Waals surface area contributed by atoms with Crippen LogP contribution in [0.25, 0.3) is 0 Å². The lowest BCUT2D eigenvalue weighted by Crippen LogP contribution is -2.13. The van der Waals surface area contributed by atoms with Crippen LogP contribution in [0.15, 0.2) is 47.6 Å². The number of rotatable bonds is 3. The maximum Gasteiger partial charge on any atom is 0.263 e. The lowest BCUT2D eigenvalue weighted by molar-refractivity contribution is 0.601. The van der Waals surface area contributed by atoms with Crippen LogP contribution in [-0.2, 0) is 10.0 Å². The number of benzene rings is 1. The number of aromatic nitrogens is 1. The number of para-hydroxylation sites is 1. The fraction of sp³-hybridized carbons (Fsp3) is 0. The Labute approximate surface area is 115 Å². The Morgan fingerprint density at radius 2 is 1.72 bits per heavy atom. The zero-order valence-corrected chi connectivity index (χ0v) is 11.3. The van der Waals surface area contributed by atoms with Gasteiger partial charge in [-0.15, -0.1) is 0 Å². The van der Waals surface area contributed by atoms with Crippen LogP contribution in [0.4, 0.5) is 5.69 Å². The van der Waals surface area contributed by atoms with Gasteiger partial charge in [-0.25, -0.2) is 8.42 Å². The summed E-state index contributed by atoms with van der Waals surface area (Å²) in [5.41, 5.74) is 0.157. The van der Waals surface area contributed by atoms with E-state index in [0.717, 1.165) is 0 Å². The van der Waals surface area contributed by atoms with E-state index in [4.69, 9.17) is 23.2 Å². The van der Waals surface area contributed by atoms with Gasteiger partial charge in [0, 0.05) is 12.4 Å². The number of hydrogen-bond donors (Lipinski definition) is 1. The molecule has 2 rings (SSSR count). The summed E-state index contributed by atoms with van der Waals surface area (Å²) in [7, 11) is -3.74. The Morgan fingerprint density at radius 1 is 1.06 bits per heavy atom. The monoisotopic (exact) mass is 302 g/mol. The Morgan fingerprint density at radius 3 is 2.28 bits per heavy atom. The van der Waals surface area contributed by atoms with Crippen molar-refractivity contribution in [2.45, 2.75) is 4.90 Å². The second-order valence-electron chi connectivity index (χ2n) is 3.39. The van der Waals surface area contributed by atoms with Crippen LogP contribution >= 0.6 is 23.2 Å². The highest BCUT2D eigenvalue weighted by Crippen LogP contribution is 2.31. The summed E-state index contributed by atoms with van der Waals surface area (Å²) >= 11 is 11.8. The van der Waals surface area contributed by atoms with Crippen molar-refractivity contribution < 1.29 is 8.42 Å². The Kier molecular flexibility index (Phi) is 3.75. The molecular weight excluding hydrogens is 295 g/mol. The number of halogens is 2. The van der Waals surface area contributed by atoms with Crippen LogP contribution in [0, 0.1) is 0 Å². The third-order valence-electron chi connectivity index (χ3n) is 2.14. The molecule has 0 amide bonds. The summed E-state index contributed by atoms with van der Waals surface area (Å²) in [4.78, 5) is 3.79. The molecule has 0 unspecified atom stereocenters. The van der Waals surface area contributed by atoms with Gasteiger partial charge >= 0.3 is 0 Å². The number of anilines is 1. The van der Waals surface area contributed by atoms with Gasteiger partial charge in [-0.1, -0.05) is 29.3 Å². The Bertz CT molecular complexity index is 640. The van der Waals surface area contributed by atoms with Crippen molar-refractivity contribution in [1.29, 1.82) is 0 Å². The van der Waals surface area contributed by atoms with E-state index in [1.165, 1.54) is 24.5 Å². The summed E-state index contributed by atoms with van der Waals surface area (Å²) < 4.78 is 26.4. The highest BCUT2D eigenvalue weighted by atomic mass is 35.5. The van der Waals surface area contributed by atoms with Crippen molar-refractivity contribution in [1.82, 2.24) is 4.98 Å². The zero-order chi connectivity index (χ0) is 13.2. The zero-order valence-electron chi connectivity index (χ0n) is 8.97.